The first kappa shape index (κ1) is 13.5. The standard InChI is InChI=1S/C11H12BrNO2.ClH/c12-9-3-1-8(2-4-9)11(10(14)15)5-6-13-7-11;/h1-4,13H,5-7H2,(H,14,15);1H. The highest BCUT2D eigenvalue weighted by Crippen LogP contribution is 2.31. The van der Waals surface area contributed by atoms with Gasteiger partial charge in [-0.25, -0.2) is 0 Å². The van der Waals surface area contributed by atoms with E-state index in [9.17, 15) is 9.90 Å². The van der Waals surface area contributed by atoms with Gasteiger partial charge in [0.1, 0.15) is 5.41 Å². The molecule has 0 aliphatic carbocycles. The van der Waals surface area contributed by atoms with Gasteiger partial charge in [0.05, 0.1) is 0 Å². The third-order valence-electron chi connectivity index (χ3n) is 2.96. The zero-order valence-electron chi connectivity index (χ0n) is 8.57. The van der Waals surface area contributed by atoms with Gasteiger partial charge >= 0.3 is 5.97 Å². The van der Waals surface area contributed by atoms with E-state index in [1.807, 2.05) is 24.3 Å². The molecule has 16 heavy (non-hydrogen) atoms. The van der Waals surface area contributed by atoms with Crippen LogP contribution in [0.25, 0.3) is 0 Å². The van der Waals surface area contributed by atoms with E-state index >= 15 is 0 Å². The molecule has 1 aliphatic rings. The van der Waals surface area contributed by atoms with Crippen LogP contribution in [0.4, 0.5) is 0 Å². The van der Waals surface area contributed by atoms with Gasteiger partial charge in [0.15, 0.2) is 0 Å². The summed E-state index contributed by atoms with van der Waals surface area (Å²) in [5.41, 5.74) is 0.143. The van der Waals surface area contributed by atoms with Crippen molar-refractivity contribution in [1.82, 2.24) is 5.32 Å². The summed E-state index contributed by atoms with van der Waals surface area (Å²) in [6.45, 7) is 1.28. The van der Waals surface area contributed by atoms with Crippen LogP contribution >= 0.6 is 28.3 Å². The number of hydrogen-bond acceptors (Lipinski definition) is 2. The van der Waals surface area contributed by atoms with Crippen molar-refractivity contribution in [2.45, 2.75) is 11.8 Å². The topological polar surface area (TPSA) is 49.3 Å². The Kier molecular flexibility index (Phi) is 4.35. The molecule has 1 saturated heterocycles. The fourth-order valence-corrected chi connectivity index (χ4v) is 2.28. The lowest BCUT2D eigenvalue weighted by Gasteiger charge is -2.23. The first-order chi connectivity index (χ1) is 7.15. The summed E-state index contributed by atoms with van der Waals surface area (Å²) in [5.74, 6) is -0.741. The monoisotopic (exact) mass is 305 g/mol. The number of carbonyl (C=O) groups is 1. The Labute approximate surface area is 109 Å². The minimum absolute atomic E-state index is 0. The van der Waals surface area contributed by atoms with Crippen LogP contribution in [0.1, 0.15) is 12.0 Å². The number of aliphatic carboxylic acids is 1. The molecule has 3 nitrogen and oxygen atoms in total. The smallest absolute Gasteiger partial charge is 0.315 e. The Balaban J connectivity index is 0.00000128. The predicted octanol–water partition coefficient (Wildman–Crippen LogP) is 2.19. The summed E-state index contributed by atoms with van der Waals surface area (Å²) in [5, 5.41) is 12.4. The number of hydrogen-bond donors (Lipinski definition) is 2. The van der Waals surface area contributed by atoms with Crippen LogP contribution in [0.3, 0.4) is 0 Å². The summed E-state index contributed by atoms with van der Waals surface area (Å²) in [4.78, 5) is 11.4. The number of carboxylic acids is 1. The van der Waals surface area contributed by atoms with E-state index in [-0.39, 0.29) is 12.4 Å². The largest absolute Gasteiger partial charge is 0.481 e. The zero-order valence-corrected chi connectivity index (χ0v) is 11.0. The normalized spacial score (nSPS) is 23.8. The SMILES string of the molecule is Cl.O=C(O)C1(c2ccc(Br)cc2)CCNC1. The van der Waals surface area contributed by atoms with E-state index in [1.165, 1.54) is 0 Å². The van der Waals surface area contributed by atoms with Crippen molar-refractivity contribution in [3.63, 3.8) is 0 Å². The molecule has 0 saturated carbocycles. The first-order valence-electron chi connectivity index (χ1n) is 4.85. The van der Waals surface area contributed by atoms with Gasteiger partial charge in [-0.15, -0.1) is 12.4 Å². The van der Waals surface area contributed by atoms with E-state index in [1.54, 1.807) is 0 Å². The number of halogens is 2. The number of nitrogens with one attached hydrogen (secondary N) is 1. The molecule has 0 radical (unpaired) electrons. The maximum absolute atomic E-state index is 11.4. The van der Waals surface area contributed by atoms with Crippen LogP contribution in [-0.2, 0) is 10.2 Å². The second-order valence-electron chi connectivity index (χ2n) is 3.82. The molecule has 1 aliphatic heterocycles. The highest BCUT2D eigenvalue weighted by Gasteiger charge is 2.42. The second-order valence-corrected chi connectivity index (χ2v) is 4.74. The van der Waals surface area contributed by atoms with Gasteiger partial charge < -0.3 is 10.4 Å². The average molecular weight is 307 g/mol. The molecule has 1 aromatic carbocycles. The van der Waals surface area contributed by atoms with Crippen molar-refractivity contribution >= 4 is 34.3 Å². The van der Waals surface area contributed by atoms with Gasteiger partial charge in [-0.2, -0.15) is 0 Å². The minimum Gasteiger partial charge on any atom is -0.481 e. The maximum atomic E-state index is 11.4. The summed E-state index contributed by atoms with van der Waals surface area (Å²) in [6.07, 6.45) is 0.657. The fourth-order valence-electron chi connectivity index (χ4n) is 2.01. The Hall–Kier alpha value is -0.580. The molecular formula is C11H13BrClNO2. The second kappa shape index (κ2) is 5.17. The van der Waals surface area contributed by atoms with Crippen molar-refractivity contribution in [2.24, 2.45) is 0 Å². The maximum Gasteiger partial charge on any atom is 0.315 e. The molecule has 5 heteroatoms. The lowest BCUT2D eigenvalue weighted by molar-refractivity contribution is -0.143. The van der Waals surface area contributed by atoms with Crippen molar-refractivity contribution in [3.05, 3.63) is 34.3 Å². The Morgan fingerprint density at radius 1 is 1.38 bits per heavy atom. The van der Waals surface area contributed by atoms with Gasteiger partial charge in [-0.05, 0) is 30.7 Å². The van der Waals surface area contributed by atoms with E-state index in [0.29, 0.717) is 13.0 Å². The molecule has 2 N–H and O–H groups in total. The molecule has 1 aromatic rings. The molecule has 2 rings (SSSR count). The van der Waals surface area contributed by atoms with E-state index in [4.69, 9.17) is 0 Å². The third-order valence-corrected chi connectivity index (χ3v) is 3.49. The van der Waals surface area contributed by atoms with Gasteiger partial charge in [0, 0.05) is 11.0 Å². The fraction of sp³-hybridized carbons (Fsp3) is 0.364. The Morgan fingerprint density at radius 2 is 2.00 bits per heavy atom. The number of benzene rings is 1. The van der Waals surface area contributed by atoms with Gasteiger partial charge in [0.2, 0.25) is 0 Å². The third kappa shape index (κ3) is 2.24. The molecule has 1 heterocycles. The van der Waals surface area contributed by atoms with Crippen LogP contribution < -0.4 is 5.32 Å². The molecule has 0 aromatic heterocycles. The average Bonchev–Trinajstić information content (AvgIpc) is 2.69. The van der Waals surface area contributed by atoms with Gasteiger partial charge in [-0.1, -0.05) is 28.1 Å². The highest BCUT2D eigenvalue weighted by atomic mass is 79.9. The van der Waals surface area contributed by atoms with Crippen LogP contribution in [0, 0.1) is 0 Å². The van der Waals surface area contributed by atoms with Crippen molar-refractivity contribution in [3.8, 4) is 0 Å². The predicted molar refractivity (Wildman–Crippen MR) is 68.2 cm³/mol. The Morgan fingerprint density at radius 3 is 2.44 bits per heavy atom. The summed E-state index contributed by atoms with van der Waals surface area (Å²) >= 11 is 3.35. The quantitative estimate of drug-likeness (QED) is 0.880. The first-order valence-corrected chi connectivity index (χ1v) is 5.65. The zero-order chi connectivity index (χ0) is 10.9. The lowest BCUT2D eigenvalue weighted by atomic mass is 9.80. The van der Waals surface area contributed by atoms with Crippen molar-refractivity contribution in [2.75, 3.05) is 13.1 Å². The summed E-state index contributed by atoms with van der Waals surface area (Å²) < 4.78 is 0.970. The molecule has 88 valence electrons. The van der Waals surface area contributed by atoms with Crippen LogP contribution in [-0.4, -0.2) is 24.2 Å². The van der Waals surface area contributed by atoms with E-state index in [2.05, 4.69) is 21.2 Å². The summed E-state index contributed by atoms with van der Waals surface area (Å²) in [7, 11) is 0. The van der Waals surface area contributed by atoms with Gasteiger partial charge in [-0.3, -0.25) is 4.79 Å². The van der Waals surface area contributed by atoms with Crippen LogP contribution in [0.5, 0.6) is 0 Å². The molecule has 0 bridgehead atoms. The molecular weight excluding hydrogens is 293 g/mol. The van der Waals surface area contributed by atoms with Gasteiger partial charge in [0.25, 0.3) is 0 Å². The number of rotatable bonds is 2. The summed E-state index contributed by atoms with van der Waals surface area (Å²) in [6, 6.07) is 7.53. The molecule has 0 amide bonds. The Bertz CT molecular complexity index is 374. The van der Waals surface area contributed by atoms with E-state index < -0.39 is 11.4 Å². The van der Waals surface area contributed by atoms with Crippen LogP contribution in [0.15, 0.2) is 28.7 Å². The highest BCUT2D eigenvalue weighted by molar-refractivity contribution is 9.10. The van der Waals surface area contributed by atoms with E-state index in [0.717, 1.165) is 16.6 Å². The minimum atomic E-state index is -0.741. The molecule has 1 atom stereocenters. The molecule has 1 unspecified atom stereocenters. The molecule has 0 spiro atoms. The van der Waals surface area contributed by atoms with Crippen molar-refractivity contribution < 1.29 is 9.90 Å². The van der Waals surface area contributed by atoms with Crippen LogP contribution in [0.2, 0.25) is 0 Å². The lowest BCUT2D eigenvalue weighted by Crippen LogP contribution is -2.37. The van der Waals surface area contributed by atoms with Crippen molar-refractivity contribution in [1.29, 1.82) is 0 Å². The number of carboxylic acid groups (broad SMARTS) is 1. The molecule has 1 fully saturated rings.